The van der Waals surface area contributed by atoms with Crippen molar-refractivity contribution in [3.05, 3.63) is 35.7 Å². The van der Waals surface area contributed by atoms with Gasteiger partial charge in [-0.1, -0.05) is 50.9 Å². The molecule has 0 radical (unpaired) electrons. The van der Waals surface area contributed by atoms with Gasteiger partial charge in [0.15, 0.2) is 11.0 Å². The highest BCUT2D eigenvalue weighted by Crippen LogP contribution is 2.33. The SMILES string of the molecule is CC(C)CNC(=O)CSc1nnc(CNc2cccc(C(F)(F)F)c2)n1C1CCCCC1. The molecule has 0 bridgehead atoms. The molecule has 1 heterocycles. The average molecular weight is 470 g/mol. The maximum absolute atomic E-state index is 13.0. The van der Waals surface area contributed by atoms with Crippen molar-refractivity contribution in [3.8, 4) is 0 Å². The maximum atomic E-state index is 13.0. The van der Waals surface area contributed by atoms with Crippen molar-refractivity contribution < 1.29 is 18.0 Å². The molecule has 6 nitrogen and oxygen atoms in total. The molecule has 0 unspecified atom stereocenters. The van der Waals surface area contributed by atoms with Crippen LogP contribution in [-0.2, 0) is 17.5 Å². The summed E-state index contributed by atoms with van der Waals surface area (Å²) in [5.74, 6) is 1.24. The summed E-state index contributed by atoms with van der Waals surface area (Å²) in [6.45, 7) is 4.96. The van der Waals surface area contributed by atoms with Crippen LogP contribution in [0.3, 0.4) is 0 Å². The smallest absolute Gasteiger partial charge is 0.378 e. The van der Waals surface area contributed by atoms with E-state index in [1.807, 2.05) is 13.8 Å². The first-order valence-electron chi connectivity index (χ1n) is 11.0. The number of hydrogen-bond acceptors (Lipinski definition) is 5. The fourth-order valence-electron chi connectivity index (χ4n) is 3.72. The highest BCUT2D eigenvalue weighted by atomic mass is 32.2. The third-order valence-electron chi connectivity index (χ3n) is 5.36. The molecule has 1 aliphatic rings. The summed E-state index contributed by atoms with van der Waals surface area (Å²) in [6.07, 6.45) is 1.03. The first-order chi connectivity index (χ1) is 15.2. The van der Waals surface area contributed by atoms with Gasteiger partial charge in [-0.25, -0.2) is 0 Å². The number of amides is 1. The van der Waals surface area contributed by atoms with Crippen LogP contribution in [0.2, 0.25) is 0 Å². The molecule has 0 spiro atoms. The third kappa shape index (κ3) is 6.88. The lowest BCUT2D eigenvalue weighted by Gasteiger charge is -2.25. The summed E-state index contributed by atoms with van der Waals surface area (Å²) in [7, 11) is 0. The van der Waals surface area contributed by atoms with Crippen molar-refractivity contribution in [2.45, 2.75) is 69.9 Å². The van der Waals surface area contributed by atoms with Crippen molar-refractivity contribution in [3.63, 3.8) is 0 Å². The molecule has 2 aromatic rings. The Morgan fingerprint density at radius 1 is 1.22 bits per heavy atom. The van der Waals surface area contributed by atoms with Crippen LogP contribution in [0.15, 0.2) is 29.4 Å². The standard InChI is InChI=1S/C22H30F3N5OS/c1-15(2)12-27-20(31)14-32-21-29-28-19(30(21)18-9-4-3-5-10-18)13-26-17-8-6-7-16(11-17)22(23,24)25/h6-8,11,15,18,26H,3-5,9-10,12-14H2,1-2H3,(H,27,31). The fraction of sp³-hybridized carbons (Fsp3) is 0.591. The van der Waals surface area contributed by atoms with Crippen LogP contribution in [0.4, 0.5) is 18.9 Å². The lowest BCUT2D eigenvalue weighted by Crippen LogP contribution is -2.29. The topological polar surface area (TPSA) is 71.8 Å². The largest absolute Gasteiger partial charge is 0.416 e. The Morgan fingerprint density at radius 2 is 1.97 bits per heavy atom. The number of alkyl halides is 3. The number of rotatable bonds is 9. The molecule has 10 heteroatoms. The second kappa shape index (κ2) is 11.1. The first kappa shape index (κ1) is 24.4. The van der Waals surface area contributed by atoms with E-state index in [9.17, 15) is 18.0 Å². The van der Waals surface area contributed by atoms with Gasteiger partial charge in [-0.05, 0) is 37.0 Å². The molecule has 176 valence electrons. The van der Waals surface area contributed by atoms with Gasteiger partial charge in [0.1, 0.15) is 0 Å². The van der Waals surface area contributed by atoms with Gasteiger partial charge >= 0.3 is 6.18 Å². The lowest BCUT2D eigenvalue weighted by molar-refractivity contribution is -0.137. The van der Waals surface area contributed by atoms with E-state index in [-0.39, 0.29) is 24.2 Å². The van der Waals surface area contributed by atoms with E-state index in [0.29, 0.717) is 29.1 Å². The van der Waals surface area contributed by atoms with E-state index in [1.165, 1.54) is 24.2 Å². The number of carbonyl (C=O) groups excluding carboxylic acids is 1. The molecule has 0 saturated heterocycles. The van der Waals surface area contributed by atoms with E-state index in [1.54, 1.807) is 6.07 Å². The van der Waals surface area contributed by atoms with Gasteiger partial charge in [0, 0.05) is 18.3 Å². The number of nitrogens with zero attached hydrogens (tertiary/aromatic N) is 3. The highest BCUT2D eigenvalue weighted by Gasteiger charge is 2.30. The number of halogens is 3. The zero-order valence-corrected chi connectivity index (χ0v) is 19.2. The van der Waals surface area contributed by atoms with Crippen molar-refractivity contribution >= 4 is 23.4 Å². The minimum Gasteiger partial charge on any atom is -0.378 e. The Kier molecular flexibility index (Phi) is 8.44. The van der Waals surface area contributed by atoms with Gasteiger partial charge in [-0.3, -0.25) is 4.79 Å². The van der Waals surface area contributed by atoms with Crippen molar-refractivity contribution in [2.24, 2.45) is 5.92 Å². The molecule has 1 aromatic carbocycles. The predicted molar refractivity (Wildman–Crippen MR) is 119 cm³/mol. The van der Waals surface area contributed by atoms with Crippen LogP contribution >= 0.6 is 11.8 Å². The molecule has 3 rings (SSSR count). The summed E-state index contributed by atoms with van der Waals surface area (Å²) in [5.41, 5.74) is -0.319. The molecule has 2 N–H and O–H groups in total. The number of thioether (sulfide) groups is 1. The van der Waals surface area contributed by atoms with Gasteiger partial charge < -0.3 is 15.2 Å². The Morgan fingerprint density at radius 3 is 2.66 bits per heavy atom. The number of nitrogens with one attached hydrogen (secondary N) is 2. The number of benzene rings is 1. The minimum absolute atomic E-state index is 0.0504. The zero-order chi connectivity index (χ0) is 23.1. The van der Waals surface area contributed by atoms with Crippen molar-refractivity contribution in [1.82, 2.24) is 20.1 Å². The maximum Gasteiger partial charge on any atom is 0.416 e. The molecule has 0 atom stereocenters. The molecular formula is C22H30F3N5OS. The summed E-state index contributed by atoms with van der Waals surface area (Å²) in [4.78, 5) is 12.1. The van der Waals surface area contributed by atoms with E-state index in [2.05, 4.69) is 25.4 Å². The summed E-state index contributed by atoms with van der Waals surface area (Å²) >= 11 is 1.35. The predicted octanol–water partition coefficient (Wildman–Crippen LogP) is 5.28. The molecule has 1 aromatic heterocycles. The molecule has 32 heavy (non-hydrogen) atoms. The van der Waals surface area contributed by atoms with Crippen LogP contribution in [-0.4, -0.2) is 33.0 Å². The van der Waals surface area contributed by atoms with E-state index < -0.39 is 11.7 Å². The normalized spacial score (nSPS) is 15.2. The van der Waals surface area contributed by atoms with Gasteiger partial charge in [-0.15, -0.1) is 10.2 Å². The van der Waals surface area contributed by atoms with Gasteiger partial charge in [0.2, 0.25) is 5.91 Å². The van der Waals surface area contributed by atoms with Crippen molar-refractivity contribution in [2.75, 3.05) is 17.6 Å². The Hall–Kier alpha value is -2.23. The van der Waals surface area contributed by atoms with Crippen LogP contribution in [0, 0.1) is 5.92 Å². The highest BCUT2D eigenvalue weighted by molar-refractivity contribution is 7.99. The quantitative estimate of drug-likeness (QED) is 0.489. The van der Waals surface area contributed by atoms with E-state index >= 15 is 0 Å². The first-order valence-corrected chi connectivity index (χ1v) is 12.0. The van der Waals surface area contributed by atoms with Crippen LogP contribution < -0.4 is 10.6 Å². The summed E-state index contributed by atoms with van der Waals surface area (Å²) in [6, 6.07) is 5.36. The van der Waals surface area contributed by atoms with Crippen molar-refractivity contribution in [1.29, 1.82) is 0 Å². The molecule has 1 fully saturated rings. The molecular weight excluding hydrogens is 439 g/mol. The second-order valence-electron chi connectivity index (χ2n) is 8.48. The average Bonchev–Trinajstić information content (AvgIpc) is 3.18. The Bertz CT molecular complexity index is 894. The third-order valence-corrected chi connectivity index (χ3v) is 6.30. The molecule has 0 aliphatic heterocycles. The van der Waals surface area contributed by atoms with Crippen LogP contribution in [0.5, 0.6) is 0 Å². The second-order valence-corrected chi connectivity index (χ2v) is 9.42. The molecule has 1 aliphatic carbocycles. The number of hydrogen-bond donors (Lipinski definition) is 2. The molecule has 1 saturated carbocycles. The fourth-order valence-corrected chi connectivity index (χ4v) is 4.57. The van der Waals surface area contributed by atoms with Gasteiger partial charge in [0.25, 0.3) is 0 Å². The van der Waals surface area contributed by atoms with E-state index in [4.69, 9.17) is 0 Å². The zero-order valence-electron chi connectivity index (χ0n) is 18.4. The van der Waals surface area contributed by atoms with Crippen LogP contribution in [0.1, 0.15) is 63.4 Å². The number of aromatic nitrogens is 3. The van der Waals surface area contributed by atoms with Gasteiger partial charge in [-0.2, -0.15) is 13.2 Å². The van der Waals surface area contributed by atoms with Gasteiger partial charge in [0.05, 0.1) is 17.9 Å². The van der Waals surface area contributed by atoms with E-state index in [0.717, 1.165) is 37.8 Å². The molecule has 1 amide bonds. The monoisotopic (exact) mass is 469 g/mol. The Balaban J connectivity index is 1.72. The summed E-state index contributed by atoms with van der Waals surface area (Å²) in [5, 5.41) is 15.2. The number of carbonyl (C=O) groups is 1. The Labute approximate surface area is 190 Å². The number of anilines is 1. The summed E-state index contributed by atoms with van der Waals surface area (Å²) < 4.78 is 41.1. The van der Waals surface area contributed by atoms with Crippen LogP contribution in [0.25, 0.3) is 0 Å². The lowest BCUT2D eigenvalue weighted by atomic mass is 9.95. The minimum atomic E-state index is -4.39.